The molecule has 1 atom stereocenters. The normalized spacial score (nSPS) is 12.2. The van der Waals surface area contributed by atoms with Crippen LogP contribution in [0.3, 0.4) is 0 Å². The highest BCUT2D eigenvalue weighted by Crippen LogP contribution is 2.27. The van der Waals surface area contributed by atoms with E-state index in [1.807, 2.05) is 37.3 Å². The van der Waals surface area contributed by atoms with Gasteiger partial charge in [-0.2, -0.15) is 0 Å². The summed E-state index contributed by atoms with van der Waals surface area (Å²) in [5.74, 6) is 0.847. The number of hydrogen-bond donors (Lipinski definition) is 1. The number of nitrogens with two attached hydrogens (primary N) is 1. The average Bonchev–Trinajstić information content (AvgIpc) is 2.42. The zero-order valence-electron chi connectivity index (χ0n) is 11.5. The van der Waals surface area contributed by atoms with Crippen LogP contribution in [-0.4, -0.2) is 7.11 Å². The Morgan fingerprint density at radius 3 is 2.55 bits per heavy atom. The SMILES string of the molecule is COc1cc(C(N)Cc2ccc(Cl)cc2Cl)ccc1C. The predicted molar refractivity (Wildman–Crippen MR) is 84.8 cm³/mol. The first-order chi connectivity index (χ1) is 9.51. The van der Waals surface area contributed by atoms with Crippen molar-refractivity contribution in [2.75, 3.05) is 7.11 Å². The molecule has 4 heteroatoms. The summed E-state index contributed by atoms with van der Waals surface area (Å²) >= 11 is 12.1. The van der Waals surface area contributed by atoms with E-state index in [1.54, 1.807) is 13.2 Å². The predicted octanol–water partition coefficient (Wildman–Crippen LogP) is 4.55. The minimum absolute atomic E-state index is 0.136. The standard InChI is InChI=1S/C16H17Cl2NO/c1-10-3-4-12(8-16(10)20-2)15(19)7-11-5-6-13(17)9-14(11)18/h3-6,8-9,15H,7,19H2,1-2H3. The van der Waals surface area contributed by atoms with Crippen molar-refractivity contribution in [2.45, 2.75) is 19.4 Å². The van der Waals surface area contributed by atoms with E-state index >= 15 is 0 Å². The Morgan fingerprint density at radius 1 is 1.15 bits per heavy atom. The lowest BCUT2D eigenvalue weighted by atomic mass is 9.98. The van der Waals surface area contributed by atoms with Gasteiger partial charge in [0.1, 0.15) is 5.75 Å². The Morgan fingerprint density at radius 2 is 1.90 bits per heavy atom. The van der Waals surface area contributed by atoms with Gasteiger partial charge in [0.25, 0.3) is 0 Å². The van der Waals surface area contributed by atoms with Gasteiger partial charge >= 0.3 is 0 Å². The molecule has 0 amide bonds. The number of halogens is 2. The molecular weight excluding hydrogens is 293 g/mol. The average molecular weight is 310 g/mol. The van der Waals surface area contributed by atoms with Crippen LogP contribution in [0.2, 0.25) is 10.0 Å². The molecule has 2 aromatic carbocycles. The van der Waals surface area contributed by atoms with Crippen molar-refractivity contribution in [1.29, 1.82) is 0 Å². The summed E-state index contributed by atoms with van der Waals surface area (Å²) in [7, 11) is 1.66. The highest BCUT2D eigenvalue weighted by atomic mass is 35.5. The number of rotatable bonds is 4. The molecule has 1 unspecified atom stereocenters. The molecule has 106 valence electrons. The van der Waals surface area contributed by atoms with Crippen LogP contribution in [0.4, 0.5) is 0 Å². The molecule has 0 saturated heterocycles. The maximum Gasteiger partial charge on any atom is 0.122 e. The van der Waals surface area contributed by atoms with Gasteiger partial charge in [-0.1, -0.05) is 41.4 Å². The fourth-order valence-electron chi connectivity index (χ4n) is 2.11. The quantitative estimate of drug-likeness (QED) is 0.899. The van der Waals surface area contributed by atoms with E-state index in [4.69, 9.17) is 33.7 Å². The summed E-state index contributed by atoms with van der Waals surface area (Å²) in [6.07, 6.45) is 0.655. The van der Waals surface area contributed by atoms with Crippen LogP contribution in [0.5, 0.6) is 5.75 Å². The molecule has 0 saturated carbocycles. The molecule has 0 aliphatic rings. The Hall–Kier alpha value is -1.22. The van der Waals surface area contributed by atoms with Crippen LogP contribution in [0.25, 0.3) is 0 Å². The van der Waals surface area contributed by atoms with E-state index in [1.165, 1.54) is 0 Å². The van der Waals surface area contributed by atoms with Gasteiger partial charge in [0.2, 0.25) is 0 Å². The van der Waals surface area contributed by atoms with Crippen LogP contribution < -0.4 is 10.5 Å². The van der Waals surface area contributed by atoms with Crippen molar-refractivity contribution >= 4 is 23.2 Å². The van der Waals surface area contributed by atoms with Gasteiger partial charge in [-0.3, -0.25) is 0 Å². The van der Waals surface area contributed by atoms with Crippen LogP contribution in [0.1, 0.15) is 22.7 Å². The van der Waals surface area contributed by atoms with Gasteiger partial charge < -0.3 is 10.5 Å². The van der Waals surface area contributed by atoms with Crippen molar-refractivity contribution in [3.63, 3.8) is 0 Å². The van der Waals surface area contributed by atoms with Crippen molar-refractivity contribution < 1.29 is 4.74 Å². The Bertz CT molecular complexity index is 613. The van der Waals surface area contributed by atoms with Gasteiger partial charge in [0.15, 0.2) is 0 Å². The minimum Gasteiger partial charge on any atom is -0.496 e. The topological polar surface area (TPSA) is 35.2 Å². The monoisotopic (exact) mass is 309 g/mol. The Labute approximate surface area is 129 Å². The van der Waals surface area contributed by atoms with E-state index in [9.17, 15) is 0 Å². The van der Waals surface area contributed by atoms with Gasteiger partial charge in [-0.05, 0) is 48.2 Å². The number of methoxy groups -OCH3 is 1. The lowest BCUT2D eigenvalue weighted by Gasteiger charge is -2.15. The summed E-state index contributed by atoms with van der Waals surface area (Å²) in [5, 5.41) is 1.27. The first kappa shape index (κ1) is 15.2. The van der Waals surface area contributed by atoms with Gasteiger partial charge in [0, 0.05) is 16.1 Å². The molecule has 0 heterocycles. The molecule has 2 nitrogen and oxygen atoms in total. The van der Waals surface area contributed by atoms with Crippen molar-refractivity contribution in [1.82, 2.24) is 0 Å². The minimum atomic E-state index is -0.136. The Kier molecular flexibility index (Phi) is 4.92. The van der Waals surface area contributed by atoms with E-state index in [-0.39, 0.29) is 6.04 Å². The number of benzene rings is 2. The smallest absolute Gasteiger partial charge is 0.122 e. The van der Waals surface area contributed by atoms with E-state index < -0.39 is 0 Å². The third kappa shape index (κ3) is 3.45. The van der Waals surface area contributed by atoms with Gasteiger partial charge in [0.05, 0.1) is 7.11 Å². The molecule has 0 radical (unpaired) electrons. The van der Waals surface area contributed by atoms with Crippen molar-refractivity contribution in [2.24, 2.45) is 5.73 Å². The molecule has 20 heavy (non-hydrogen) atoms. The number of aryl methyl sites for hydroxylation is 1. The molecule has 0 aliphatic heterocycles. The highest BCUT2D eigenvalue weighted by Gasteiger charge is 2.11. The van der Waals surface area contributed by atoms with E-state index in [0.29, 0.717) is 16.5 Å². The van der Waals surface area contributed by atoms with Crippen molar-refractivity contribution in [3.05, 3.63) is 63.1 Å². The summed E-state index contributed by atoms with van der Waals surface area (Å²) in [6.45, 7) is 2.00. The fourth-order valence-corrected chi connectivity index (χ4v) is 2.59. The third-order valence-corrected chi connectivity index (χ3v) is 3.90. The summed E-state index contributed by atoms with van der Waals surface area (Å²) < 4.78 is 5.33. The lowest BCUT2D eigenvalue weighted by Crippen LogP contribution is -2.13. The summed E-state index contributed by atoms with van der Waals surface area (Å²) in [4.78, 5) is 0. The largest absolute Gasteiger partial charge is 0.496 e. The second kappa shape index (κ2) is 6.49. The highest BCUT2D eigenvalue weighted by molar-refractivity contribution is 6.35. The van der Waals surface area contributed by atoms with E-state index in [0.717, 1.165) is 22.4 Å². The number of ether oxygens (including phenoxy) is 1. The molecule has 2 aromatic rings. The molecule has 0 spiro atoms. The lowest BCUT2D eigenvalue weighted by molar-refractivity contribution is 0.410. The molecule has 0 fully saturated rings. The first-order valence-corrected chi connectivity index (χ1v) is 7.11. The van der Waals surface area contributed by atoms with Crippen LogP contribution in [0, 0.1) is 6.92 Å². The summed E-state index contributed by atoms with van der Waals surface area (Å²) in [6, 6.07) is 11.3. The maximum atomic E-state index is 6.26. The van der Waals surface area contributed by atoms with Gasteiger partial charge in [-0.25, -0.2) is 0 Å². The van der Waals surface area contributed by atoms with E-state index in [2.05, 4.69) is 0 Å². The Balaban J connectivity index is 2.21. The molecule has 0 aliphatic carbocycles. The number of hydrogen-bond acceptors (Lipinski definition) is 2. The van der Waals surface area contributed by atoms with Crippen molar-refractivity contribution in [3.8, 4) is 5.75 Å². The summed E-state index contributed by atoms with van der Waals surface area (Å²) in [5.41, 5.74) is 9.37. The van der Waals surface area contributed by atoms with Gasteiger partial charge in [-0.15, -0.1) is 0 Å². The maximum absolute atomic E-state index is 6.26. The zero-order chi connectivity index (χ0) is 14.7. The second-order valence-corrected chi connectivity index (χ2v) is 5.62. The molecule has 2 rings (SSSR count). The molecular formula is C16H17Cl2NO. The van der Waals surface area contributed by atoms with Crippen LogP contribution >= 0.6 is 23.2 Å². The third-order valence-electron chi connectivity index (χ3n) is 3.32. The molecule has 0 aromatic heterocycles. The zero-order valence-corrected chi connectivity index (χ0v) is 13.0. The van der Waals surface area contributed by atoms with Crippen LogP contribution in [-0.2, 0) is 6.42 Å². The first-order valence-electron chi connectivity index (χ1n) is 6.35. The van der Waals surface area contributed by atoms with Crippen LogP contribution in [0.15, 0.2) is 36.4 Å². The second-order valence-electron chi connectivity index (χ2n) is 4.78. The molecule has 2 N–H and O–H groups in total. The fraction of sp³-hybridized carbons (Fsp3) is 0.250. The molecule has 0 bridgehead atoms.